The fraction of sp³-hybridized carbons (Fsp3) is 0.812. The molecule has 0 aliphatic carbocycles. The number of aryl methyl sites for hydroxylation is 1. The molecule has 0 aromatic carbocycles. The van der Waals surface area contributed by atoms with Crippen LogP contribution in [-0.4, -0.2) is 75.2 Å². The first kappa shape index (κ1) is 17.4. The van der Waals surface area contributed by atoms with Crippen molar-refractivity contribution in [1.82, 2.24) is 19.6 Å². The molecule has 1 aliphatic heterocycles. The maximum absolute atomic E-state index is 9.42. The van der Waals surface area contributed by atoms with Crippen molar-refractivity contribution in [2.45, 2.75) is 46.3 Å². The molecule has 22 heavy (non-hydrogen) atoms. The molecule has 1 atom stereocenters. The number of aromatic nitrogens is 2. The van der Waals surface area contributed by atoms with Gasteiger partial charge in [-0.15, -0.1) is 0 Å². The van der Waals surface area contributed by atoms with Gasteiger partial charge in [-0.2, -0.15) is 5.10 Å². The monoisotopic (exact) mass is 310 g/mol. The Kier molecular flexibility index (Phi) is 6.37. The van der Waals surface area contributed by atoms with Gasteiger partial charge < -0.3 is 10.2 Å². The third kappa shape index (κ3) is 3.87. The molecule has 1 aromatic heterocycles. The molecule has 0 spiro atoms. The van der Waals surface area contributed by atoms with Crippen LogP contribution in [0.3, 0.4) is 0 Å². The van der Waals surface area contributed by atoms with Crippen molar-refractivity contribution in [3.63, 3.8) is 0 Å². The predicted molar refractivity (Wildman–Crippen MR) is 86.8 cm³/mol. The molecule has 0 radical (unpaired) electrons. The van der Waals surface area contributed by atoms with Crippen molar-refractivity contribution >= 4 is 0 Å². The zero-order valence-corrected chi connectivity index (χ0v) is 14.1. The first-order valence-corrected chi connectivity index (χ1v) is 8.31. The number of piperazine rings is 1. The fourth-order valence-electron chi connectivity index (χ4n) is 3.29. The molecule has 6 nitrogen and oxygen atoms in total. The SMILES string of the molecule is CCC(CO)N1CCN(Cc2c(C)nn(CCO)c2C)CC1. The number of rotatable bonds is 7. The van der Waals surface area contributed by atoms with Crippen LogP contribution in [0, 0.1) is 13.8 Å². The normalized spacial score (nSPS) is 18.8. The third-order valence-electron chi connectivity index (χ3n) is 4.83. The molecule has 2 rings (SSSR count). The standard InChI is InChI=1S/C16H30N4O2/c1-4-15(12-22)19-7-5-18(6-8-19)11-16-13(2)17-20(9-10-21)14(16)3/h15,21-22H,4-12H2,1-3H3. The summed E-state index contributed by atoms with van der Waals surface area (Å²) in [5.41, 5.74) is 3.52. The Morgan fingerprint density at radius 2 is 1.82 bits per heavy atom. The van der Waals surface area contributed by atoms with Crippen molar-refractivity contribution in [1.29, 1.82) is 0 Å². The number of hydrogen-bond acceptors (Lipinski definition) is 5. The minimum absolute atomic E-state index is 0.125. The lowest BCUT2D eigenvalue weighted by molar-refractivity contribution is 0.0607. The molecule has 2 heterocycles. The van der Waals surface area contributed by atoms with Gasteiger partial charge >= 0.3 is 0 Å². The largest absolute Gasteiger partial charge is 0.395 e. The average molecular weight is 310 g/mol. The number of nitrogens with zero attached hydrogens (tertiary/aromatic N) is 4. The minimum atomic E-state index is 0.125. The maximum atomic E-state index is 9.42. The molecule has 1 unspecified atom stereocenters. The van der Waals surface area contributed by atoms with E-state index in [2.05, 4.69) is 28.7 Å². The summed E-state index contributed by atoms with van der Waals surface area (Å²) < 4.78 is 1.90. The van der Waals surface area contributed by atoms with Crippen LogP contribution >= 0.6 is 0 Å². The van der Waals surface area contributed by atoms with Gasteiger partial charge in [0.2, 0.25) is 0 Å². The lowest BCUT2D eigenvalue weighted by Gasteiger charge is -2.38. The van der Waals surface area contributed by atoms with Crippen LogP contribution in [0.15, 0.2) is 0 Å². The van der Waals surface area contributed by atoms with E-state index in [9.17, 15) is 5.11 Å². The van der Waals surface area contributed by atoms with Crippen molar-refractivity contribution < 1.29 is 10.2 Å². The van der Waals surface area contributed by atoms with Crippen molar-refractivity contribution in [2.75, 3.05) is 39.4 Å². The summed E-state index contributed by atoms with van der Waals surface area (Å²) in [6.45, 7) is 12.2. The second-order valence-corrected chi connectivity index (χ2v) is 6.15. The molecule has 0 saturated carbocycles. The summed E-state index contributed by atoms with van der Waals surface area (Å²) in [4.78, 5) is 4.85. The van der Waals surface area contributed by atoms with E-state index in [0.29, 0.717) is 12.6 Å². The quantitative estimate of drug-likeness (QED) is 0.762. The van der Waals surface area contributed by atoms with E-state index in [1.807, 2.05) is 11.6 Å². The smallest absolute Gasteiger partial charge is 0.0644 e. The first-order valence-electron chi connectivity index (χ1n) is 8.31. The molecule has 2 N–H and O–H groups in total. The molecule has 1 aliphatic rings. The molecular weight excluding hydrogens is 280 g/mol. The maximum Gasteiger partial charge on any atom is 0.0644 e. The van der Waals surface area contributed by atoms with Crippen molar-refractivity contribution in [3.8, 4) is 0 Å². The fourth-order valence-corrected chi connectivity index (χ4v) is 3.29. The Morgan fingerprint density at radius 1 is 1.14 bits per heavy atom. The Balaban J connectivity index is 1.94. The van der Waals surface area contributed by atoms with E-state index in [-0.39, 0.29) is 13.2 Å². The van der Waals surface area contributed by atoms with Crippen LogP contribution in [0.2, 0.25) is 0 Å². The molecule has 126 valence electrons. The molecule has 6 heteroatoms. The van der Waals surface area contributed by atoms with Gasteiger partial charge in [0, 0.05) is 50.0 Å². The average Bonchev–Trinajstić information content (AvgIpc) is 2.78. The van der Waals surface area contributed by atoms with E-state index in [4.69, 9.17) is 5.11 Å². The number of hydrogen-bond donors (Lipinski definition) is 2. The van der Waals surface area contributed by atoms with Gasteiger partial charge in [0.15, 0.2) is 0 Å². The lowest BCUT2D eigenvalue weighted by Crippen LogP contribution is -2.50. The summed E-state index contributed by atoms with van der Waals surface area (Å²) in [5.74, 6) is 0. The van der Waals surface area contributed by atoms with Gasteiger partial charge in [-0.3, -0.25) is 14.5 Å². The highest BCUT2D eigenvalue weighted by molar-refractivity contribution is 5.24. The molecular formula is C16H30N4O2. The van der Waals surface area contributed by atoms with Gasteiger partial charge in [0.25, 0.3) is 0 Å². The molecule has 1 aromatic rings. The van der Waals surface area contributed by atoms with E-state index >= 15 is 0 Å². The lowest BCUT2D eigenvalue weighted by atomic mass is 10.1. The van der Waals surface area contributed by atoms with Crippen molar-refractivity contribution in [2.24, 2.45) is 0 Å². The van der Waals surface area contributed by atoms with Gasteiger partial charge in [0.1, 0.15) is 0 Å². The van der Waals surface area contributed by atoms with Crippen molar-refractivity contribution in [3.05, 3.63) is 17.0 Å². The summed E-state index contributed by atoms with van der Waals surface area (Å²) in [7, 11) is 0. The Hall–Kier alpha value is -0.950. The molecule has 0 amide bonds. The van der Waals surface area contributed by atoms with E-state index in [0.717, 1.165) is 50.5 Å². The second kappa shape index (κ2) is 8.06. The van der Waals surface area contributed by atoms with Crippen LogP contribution in [-0.2, 0) is 13.1 Å². The molecule has 0 bridgehead atoms. The molecule has 1 saturated heterocycles. The second-order valence-electron chi connectivity index (χ2n) is 6.15. The van der Waals surface area contributed by atoms with E-state index in [1.165, 1.54) is 5.56 Å². The molecule has 1 fully saturated rings. The van der Waals surface area contributed by atoms with Crippen LogP contribution in [0.4, 0.5) is 0 Å². The Labute approximate surface area is 133 Å². The van der Waals surface area contributed by atoms with Crippen LogP contribution in [0.25, 0.3) is 0 Å². The zero-order valence-electron chi connectivity index (χ0n) is 14.1. The van der Waals surface area contributed by atoms with Crippen LogP contribution in [0.5, 0.6) is 0 Å². The van der Waals surface area contributed by atoms with Gasteiger partial charge in [-0.1, -0.05) is 6.92 Å². The first-order chi connectivity index (χ1) is 10.6. The summed E-state index contributed by atoms with van der Waals surface area (Å²) >= 11 is 0. The van der Waals surface area contributed by atoms with Gasteiger partial charge in [-0.25, -0.2) is 0 Å². The Bertz CT molecular complexity index is 463. The van der Waals surface area contributed by atoms with Gasteiger partial charge in [-0.05, 0) is 20.3 Å². The summed E-state index contributed by atoms with van der Waals surface area (Å²) in [6, 6.07) is 0.304. The number of aliphatic hydroxyl groups excluding tert-OH is 2. The van der Waals surface area contributed by atoms with Gasteiger partial charge in [0.05, 0.1) is 25.5 Å². The minimum Gasteiger partial charge on any atom is -0.395 e. The summed E-state index contributed by atoms with van der Waals surface area (Å²) in [6.07, 6.45) is 1.00. The topological polar surface area (TPSA) is 64.8 Å². The highest BCUT2D eigenvalue weighted by Crippen LogP contribution is 2.17. The predicted octanol–water partition coefficient (Wildman–Crippen LogP) is 0.381. The van der Waals surface area contributed by atoms with Crippen LogP contribution in [0.1, 0.15) is 30.3 Å². The third-order valence-corrected chi connectivity index (χ3v) is 4.83. The number of aliphatic hydroxyl groups is 2. The van der Waals surface area contributed by atoms with E-state index in [1.54, 1.807) is 0 Å². The van der Waals surface area contributed by atoms with Crippen LogP contribution < -0.4 is 0 Å². The highest BCUT2D eigenvalue weighted by atomic mass is 16.3. The zero-order chi connectivity index (χ0) is 16.1. The Morgan fingerprint density at radius 3 is 2.36 bits per heavy atom. The summed E-state index contributed by atoms with van der Waals surface area (Å²) in [5, 5.41) is 23.0. The van der Waals surface area contributed by atoms with E-state index < -0.39 is 0 Å². The highest BCUT2D eigenvalue weighted by Gasteiger charge is 2.23.